The van der Waals surface area contributed by atoms with Crippen LogP contribution in [-0.2, 0) is 9.59 Å². The van der Waals surface area contributed by atoms with Crippen molar-refractivity contribution in [2.24, 2.45) is 11.5 Å². The zero-order valence-corrected chi connectivity index (χ0v) is 12.1. The largest absolute Gasteiger partial charge is 0.480 e. The third-order valence-corrected chi connectivity index (χ3v) is 3.41. The molecule has 6 heteroatoms. The topological polar surface area (TPSA) is 127 Å². The van der Waals surface area contributed by atoms with Crippen LogP contribution in [0.15, 0.2) is 0 Å². The Labute approximate surface area is 120 Å². The van der Waals surface area contributed by atoms with Gasteiger partial charge in [-0.05, 0) is 12.8 Å². The zero-order chi connectivity index (χ0) is 15.4. The van der Waals surface area contributed by atoms with Crippen LogP contribution >= 0.6 is 0 Å². The molecule has 0 bridgehead atoms. The van der Waals surface area contributed by atoms with Crippen molar-refractivity contribution in [1.29, 1.82) is 0 Å². The summed E-state index contributed by atoms with van der Waals surface area (Å²) in [5.41, 5.74) is 10.8. The molecule has 0 rings (SSSR count). The molecule has 20 heavy (non-hydrogen) atoms. The standard InChI is InChI=1S/C14H28N2O4/c15-11(13(17)18)9-7-5-3-1-2-4-6-8-10-12(16)14(19)20/h11-12H,1-10,15-16H2,(H,17,18)(H,19,20). The summed E-state index contributed by atoms with van der Waals surface area (Å²) in [6.45, 7) is 0. The van der Waals surface area contributed by atoms with E-state index >= 15 is 0 Å². The van der Waals surface area contributed by atoms with Crippen molar-refractivity contribution in [3.05, 3.63) is 0 Å². The molecule has 0 aromatic rings. The van der Waals surface area contributed by atoms with Crippen LogP contribution in [0, 0.1) is 0 Å². The lowest BCUT2D eigenvalue weighted by Gasteiger charge is -2.06. The number of hydrogen-bond acceptors (Lipinski definition) is 4. The van der Waals surface area contributed by atoms with Gasteiger partial charge in [-0.2, -0.15) is 0 Å². The fourth-order valence-corrected chi connectivity index (χ4v) is 2.04. The molecule has 0 aliphatic heterocycles. The number of hydrogen-bond donors (Lipinski definition) is 4. The minimum absolute atomic E-state index is 0.544. The number of unbranched alkanes of at least 4 members (excludes halogenated alkanes) is 7. The van der Waals surface area contributed by atoms with E-state index in [1.807, 2.05) is 0 Å². The SMILES string of the molecule is NC(CCCCCCCCCCC(N)C(=O)O)C(=O)O. The average molecular weight is 288 g/mol. The summed E-state index contributed by atoms with van der Waals surface area (Å²) in [5.74, 6) is -1.85. The fourth-order valence-electron chi connectivity index (χ4n) is 2.04. The molecule has 0 amide bonds. The van der Waals surface area contributed by atoms with Gasteiger partial charge in [0.15, 0.2) is 0 Å². The Morgan fingerprint density at radius 2 is 0.900 bits per heavy atom. The van der Waals surface area contributed by atoms with Crippen molar-refractivity contribution in [3.63, 3.8) is 0 Å². The van der Waals surface area contributed by atoms with Gasteiger partial charge in [-0.3, -0.25) is 9.59 Å². The highest BCUT2D eigenvalue weighted by atomic mass is 16.4. The molecule has 0 aliphatic carbocycles. The third kappa shape index (κ3) is 10.8. The molecule has 0 aromatic heterocycles. The lowest BCUT2D eigenvalue weighted by atomic mass is 10.0. The van der Waals surface area contributed by atoms with Crippen molar-refractivity contribution in [3.8, 4) is 0 Å². The molecule has 0 fully saturated rings. The summed E-state index contributed by atoms with van der Waals surface area (Å²) in [6.07, 6.45) is 9.31. The molecule has 0 radical (unpaired) electrons. The molecule has 0 saturated heterocycles. The molecule has 0 spiro atoms. The lowest BCUT2D eigenvalue weighted by molar-refractivity contribution is -0.139. The molecule has 118 valence electrons. The number of aliphatic carboxylic acids is 2. The van der Waals surface area contributed by atoms with Gasteiger partial charge < -0.3 is 21.7 Å². The van der Waals surface area contributed by atoms with Gasteiger partial charge in [-0.25, -0.2) is 0 Å². The van der Waals surface area contributed by atoms with Crippen LogP contribution in [0.1, 0.15) is 64.2 Å². The monoisotopic (exact) mass is 288 g/mol. The van der Waals surface area contributed by atoms with Crippen molar-refractivity contribution >= 4 is 11.9 Å². The van der Waals surface area contributed by atoms with Gasteiger partial charge in [0.1, 0.15) is 12.1 Å². The van der Waals surface area contributed by atoms with Crippen molar-refractivity contribution in [2.75, 3.05) is 0 Å². The minimum atomic E-state index is -0.926. The molecule has 0 heterocycles. The Morgan fingerprint density at radius 1 is 0.650 bits per heavy atom. The normalized spacial score (nSPS) is 13.9. The van der Waals surface area contributed by atoms with E-state index in [9.17, 15) is 9.59 Å². The first-order valence-corrected chi connectivity index (χ1v) is 7.42. The molecule has 0 aliphatic rings. The Kier molecular flexibility index (Phi) is 11.0. The van der Waals surface area contributed by atoms with Crippen LogP contribution in [0.3, 0.4) is 0 Å². The summed E-state index contributed by atoms with van der Waals surface area (Å²) < 4.78 is 0. The van der Waals surface area contributed by atoms with Crippen LogP contribution in [0.2, 0.25) is 0 Å². The highest BCUT2D eigenvalue weighted by Crippen LogP contribution is 2.11. The maximum absolute atomic E-state index is 10.5. The summed E-state index contributed by atoms with van der Waals surface area (Å²) in [4.78, 5) is 21.0. The molecule has 0 aromatic carbocycles. The van der Waals surface area contributed by atoms with Crippen LogP contribution in [0.4, 0.5) is 0 Å². The van der Waals surface area contributed by atoms with E-state index in [4.69, 9.17) is 21.7 Å². The first-order valence-electron chi connectivity index (χ1n) is 7.42. The van der Waals surface area contributed by atoms with Gasteiger partial charge in [0, 0.05) is 0 Å². The number of carbonyl (C=O) groups is 2. The highest BCUT2D eigenvalue weighted by Gasteiger charge is 2.10. The maximum Gasteiger partial charge on any atom is 0.320 e. The smallest absolute Gasteiger partial charge is 0.320 e. The third-order valence-electron chi connectivity index (χ3n) is 3.41. The van der Waals surface area contributed by atoms with Gasteiger partial charge in [0.05, 0.1) is 0 Å². The second-order valence-corrected chi connectivity index (χ2v) is 5.30. The first kappa shape index (κ1) is 18.9. The molecular weight excluding hydrogens is 260 g/mol. The van der Waals surface area contributed by atoms with Crippen molar-refractivity contribution in [2.45, 2.75) is 76.3 Å². The van der Waals surface area contributed by atoms with Crippen LogP contribution in [0.25, 0.3) is 0 Å². The predicted octanol–water partition coefficient (Wildman–Crippen LogP) is 1.71. The number of rotatable bonds is 13. The van der Waals surface area contributed by atoms with Crippen LogP contribution in [-0.4, -0.2) is 34.2 Å². The second-order valence-electron chi connectivity index (χ2n) is 5.30. The Balaban J connectivity index is 3.21. The van der Waals surface area contributed by atoms with Gasteiger partial charge in [0.2, 0.25) is 0 Å². The van der Waals surface area contributed by atoms with Crippen LogP contribution in [0.5, 0.6) is 0 Å². The van der Waals surface area contributed by atoms with Gasteiger partial charge in [-0.15, -0.1) is 0 Å². The maximum atomic E-state index is 10.5. The number of carboxylic acids is 2. The molecular formula is C14H28N2O4. The zero-order valence-electron chi connectivity index (χ0n) is 12.1. The second kappa shape index (κ2) is 11.7. The number of carboxylic acid groups (broad SMARTS) is 2. The fraction of sp³-hybridized carbons (Fsp3) is 0.857. The molecule has 2 unspecified atom stereocenters. The van der Waals surface area contributed by atoms with Crippen molar-refractivity contribution in [1.82, 2.24) is 0 Å². The van der Waals surface area contributed by atoms with E-state index in [1.54, 1.807) is 0 Å². The van der Waals surface area contributed by atoms with Gasteiger partial charge in [0.25, 0.3) is 0 Å². The Hall–Kier alpha value is -1.14. The van der Waals surface area contributed by atoms with Gasteiger partial charge >= 0.3 is 11.9 Å². The molecule has 6 N–H and O–H groups in total. The molecule has 0 saturated carbocycles. The number of nitrogens with two attached hydrogens (primary N) is 2. The summed E-state index contributed by atoms with van der Waals surface area (Å²) >= 11 is 0. The minimum Gasteiger partial charge on any atom is -0.480 e. The van der Waals surface area contributed by atoms with E-state index in [-0.39, 0.29) is 0 Å². The summed E-state index contributed by atoms with van der Waals surface area (Å²) in [7, 11) is 0. The van der Waals surface area contributed by atoms with E-state index in [1.165, 1.54) is 0 Å². The van der Waals surface area contributed by atoms with Crippen molar-refractivity contribution < 1.29 is 19.8 Å². The Morgan fingerprint density at radius 3 is 1.15 bits per heavy atom. The van der Waals surface area contributed by atoms with Gasteiger partial charge in [-0.1, -0.05) is 51.4 Å². The van der Waals surface area contributed by atoms with E-state index in [2.05, 4.69) is 0 Å². The Bertz CT molecular complexity index is 256. The molecule has 2 atom stereocenters. The predicted molar refractivity (Wildman–Crippen MR) is 77.4 cm³/mol. The molecule has 6 nitrogen and oxygen atoms in total. The average Bonchev–Trinajstić information content (AvgIpc) is 2.39. The highest BCUT2D eigenvalue weighted by molar-refractivity contribution is 5.73. The quantitative estimate of drug-likeness (QED) is 0.382. The van der Waals surface area contributed by atoms with E-state index in [0.29, 0.717) is 12.8 Å². The summed E-state index contributed by atoms with van der Waals surface area (Å²) in [6, 6.07) is -1.46. The van der Waals surface area contributed by atoms with E-state index in [0.717, 1.165) is 51.4 Å². The summed E-state index contributed by atoms with van der Waals surface area (Å²) in [5, 5.41) is 17.2. The van der Waals surface area contributed by atoms with Crippen LogP contribution < -0.4 is 11.5 Å². The first-order chi connectivity index (χ1) is 9.45. The van der Waals surface area contributed by atoms with E-state index < -0.39 is 24.0 Å². The lowest BCUT2D eigenvalue weighted by Crippen LogP contribution is -2.29.